The van der Waals surface area contributed by atoms with Gasteiger partial charge in [-0.1, -0.05) is 24.3 Å². The van der Waals surface area contributed by atoms with Crippen molar-refractivity contribution in [1.82, 2.24) is 4.98 Å². The molecule has 2 N–H and O–H groups in total. The highest BCUT2D eigenvalue weighted by Gasteiger charge is 2.21. The van der Waals surface area contributed by atoms with Gasteiger partial charge in [0.15, 0.2) is 0 Å². The van der Waals surface area contributed by atoms with Crippen LogP contribution in [-0.4, -0.2) is 4.98 Å². The highest BCUT2D eigenvalue weighted by atomic mass is 32.1. The van der Waals surface area contributed by atoms with Crippen molar-refractivity contribution in [1.29, 1.82) is 0 Å². The highest BCUT2D eigenvalue weighted by Crippen LogP contribution is 2.36. The van der Waals surface area contributed by atoms with E-state index in [-0.39, 0.29) is 0 Å². The Labute approximate surface area is 121 Å². The molecule has 3 nitrogen and oxygen atoms in total. The summed E-state index contributed by atoms with van der Waals surface area (Å²) in [6.45, 7) is 3.89. The number of thiazole rings is 1. The normalized spacial score (nSPS) is 13.9. The van der Waals surface area contributed by atoms with Crippen molar-refractivity contribution in [2.24, 2.45) is 0 Å². The van der Waals surface area contributed by atoms with Gasteiger partial charge in [0.25, 0.3) is 0 Å². The molecule has 0 saturated heterocycles. The molecule has 2 heterocycles. The van der Waals surface area contributed by atoms with Gasteiger partial charge in [-0.15, -0.1) is 11.3 Å². The number of benzene rings is 2. The van der Waals surface area contributed by atoms with Crippen LogP contribution in [-0.2, 0) is 13.1 Å². The van der Waals surface area contributed by atoms with E-state index in [1.54, 1.807) is 11.3 Å². The van der Waals surface area contributed by atoms with Crippen LogP contribution in [0.1, 0.15) is 16.1 Å². The van der Waals surface area contributed by atoms with Gasteiger partial charge in [-0.2, -0.15) is 0 Å². The van der Waals surface area contributed by atoms with Crippen molar-refractivity contribution in [3.63, 3.8) is 0 Å². The zero-order valence-corrected chi connectivity index (χ0v) is 12.1. The van der Waals surface area contributed by atoms with Crippen LogP contribution < -0.4 is 10.6 Å². The molecule has 1 aliphatic heterocycles. The zero-order valence-electron chi connectivity index (χ0n) is 11.3. The largest absolute Gasteiger partial charge is 0.397 e. The maximum Gasteiger partial charge on any atom is 0.0907 e. The van der Waals surface area contributed by atoms with E-state index in [1.807, 2.05) is 6.92 Å². The van der Waals surface area contributed by atoms with Gasteiger partial charge < -0.3 is 10.6 Å². The Kier molecular flexibility index (Phi) is 2.47. The van der Waals surface area contributed by atoms with Gasteiger partial charge in [-0.3, -0.25) is 0 Å². The Morgan fingerprint density at radius 1 is 1.15 bits per heavy atom. The Morgan fingerprint density at radius 2 is 1.85 bits per heavy atom. The van der Waals surface area contributed by atoms with Gasteiger partial charge in [0.05, 0.1) is 26.6 Å². The first-order chi connectivity index (χ1) is 9.70. The van der Waals surface area contributed by atoms with Gasteiger partial charge in [0, 0.05) is 13.1 Å². The number of fused-ring (bicyclic) bond motifs is 2. The summed E-state index contributed by atoms with van der Waals surface area (Å²) in [6, 6.07) is 12.8. The van der Waals surface area contributed by atoms with Gasteiger partial charge in [0.2, 0.25) is 0 Å². The number of hydrogen-bond donors (Lipinski definition) is 1. The molecule has 0 unspecified atom stereocenters. The fraction of sp³-hybridized carbons (Fsp3) is 0.188. The summed E-state index contributed by atoms with van der Waals surface area (Å²) in [4.78, 5) is 6.90. The molecule has 2 aromatic carbocycles. The molecule has 0 radical (unpaired) electrons. The molecule has 0 amide bonds. The fourth-order valence-corrected chi connectivity index (χ4v) is 3.73. The third-order valence-corrected chi connectivity index (χ3v) is 4.76. The van der Waals surface area contributed by atoms with Crippen LogP contribution in [0.25, 0.3) is 10.2 Å². The van der Waals surface area contributed by atoms with Gasteiger partial charge in [-0.25, -0.2) is 4.98 Å². The summed E-state index contributed by atoms with van der Waals surface area (Å²) in [5.41, 5.74) is 12.0. The number of nitrogens with two attached hydrogens (primary N) is 1. The molecule has 0 spiro atoms. The lowest BCUT2D eigenvalue weighted by atomic mass is 10.1. The van der Waals surface area contributed by atoms with E-state index in [2.05, 4.69) is 46.3 Å². The van der Waals surface area contributed by atoms with Crippen LogP contribution in [0.5, 0.6) is 0 Å². The summed E-state index contributed by atoms with van der Waals surface area (Å²) >= 11 is 1.70. The summed E-state index contributed by atoms with van der Waals surface area (Å²) in [5.74, 6) is 0. The molecule has 0 saturated carbocycles. The molecule has 0 atom stereocenters. The molecule has 0 fully saturated rings. The fourth-order valence-electron chi connectivity index (χ4n) is 2.87. The minimum absolute atomic E-state index is 0.842. The molecule has 4 heteroatoms. The average molecular weight is 281 g/mol. The van der Waals surface area contributed by atoms with E-state index in [0.29, 0.717) is 0 Å². The number of rotatable bonds is 1. The third kappa shape index (κ3) is 1.76. The Balaban J connectivity index is 1.78. The van der Waals surface area contributed by atoms with Crippen LogP contribution >= 0.6 is 11.3 Å². The quantitative estimate of drug-likeness (QED) is 0.691. The second-order valence-corrected chi connectivity index (χ2v) is 6.47. The molecular formula is C16H15N3S. The van der Waals surface area contributed by atoms with Crippen molar-refractivity contribution >= 4 is 32.9 Å². The van der Waals surface area contributed by atoms with Crippen molar-refractivity contribution in [3.05, 3.63) is 52.5 Å². The lowest BCUT2D eigenvalue weighted by Gasteiger charge is -2.19. The van der Waals surface area contributed by atoms with Gasteiger partial charge in [-0.05, 0) is 30.2 Å². The Hall–Kier alpha value is -2.07. The second-order valence-electron chi connectivity index (χ2n) is 5.24. The summed E-state index contributed by atoms with van der Waals surface area (Å²) in [7, 11) is 0. The predicted octanol–water partition coefficient (Wildman–Crippen LogP) is 3.71. The minimum Gasteiger partial charge on any atom is -0.397 e. The molecule has 1 aromatic heterocycles. The molecule has 4 rings (SSSR count). The lowest BCUT2D eigenvalue weighted by molar-refractivity contribution is 0.883. The maximum absolute atomic E-state index is 6.25. The standard InChI is InChI=1S/C16H15N3S/c1-10-18-14-7-15(13(17)6-16(14)20-10)19-8-11-4-2-3-5-12(11)9-19/h2-7H,8-9,17H2,1H3. The number of anilines is 2. The highest BCUT2D eigenvalue weighted by molar-refractivity contribution is 7.18. The monoisotopic (exact) mass is 281 g/mol. The van der Waals surface area contributed by atoms with Crippen LogP contribution in [0.2, 0.25) is 0 Å². The zero-order chi connectivity index (χ0) is 13.7. The number of aryl methyl sites for hydroxylation is 1. The Bertz CT molecular complexity index is 782. The molecule has 20 heavy (non-hydrogen) atoms. The van der Waals surface area contributed by atoms with Crippen molar-refractivity contribution in [3.8, 4) is 0 Å². The summed E-state index contributed by atoms with van der Waals surface area (Å²) in [6.07, 6.45) is 0. The molecule has 0 bridgehead atoms. The number of hydrogen-bond acceptors (Lipinski definition) is 4. The van der Waals surface area contributed by atoms with Crippen LogP contribution in [0.4, 0.5) is 11.4 Å². The maximum atomic E-state index is 6.25. The minimum atomic E-state index is 0.842. The van der Waals surface area contributed by atoms with Crippen LogP contribution in [0, 0.1) is 6.92 Å². The van der Waals surface area contributed by atoms with E-state index in [4.69, 9.17) is 5.73 Å². The van der Waals surface area contributed by atoms with E-state index in [9.17, 15) is 0 Å². The topological polar surface area (TPSA) is 42.2 Å². The van der Waals surface area contributed by atoms with Crippen LogP contribution in [0.15, 0.2) is 36.4 Å². The molecule has 3 aromatic rings. The number of aromatic nitrogens is 1. The van der Waals surface area contributed by atoms with E-state index >= 15 is 0 Å². The third-order valence-electron chi connectivity index (χ3n) is 3.83. The predicted molar refractivity (Wildman–Crippen MR) is 85.1 cm³/mol. The molecule has 100 valence electrons. The second kappa shape index (κ2) is 4.21. The summed E-state index contributed by atoms with van der Waals surface area (Å²) < 4.78 is 1.17. The first kappa shape index (κ1) is 11.7. The van der Waals surface area contributed by atoms with Gasteiger partial charge >= 0.3 is 0 Å². The molecule has 0 aliphatic carbocycles. The van der Waals surface area contributed by atoms with Crippen molar-refractivity contribution in [2.75, 3.05) is 10.6 Å². The summed E-state index contributed by atoms with van der Waals surface area (Å²) in [5, 5.41) is 1.08. The Morgan fingerprint density at radius 3 is 2.55 bits per heavy atom. The lowest BCUT2D eigenvalue weighted by Crippen LogP contribution is -2.16. The number of nitrogens with zero attached hydrogens (tertiary/aromatic N) is 2. The van der Waals surface area contributed by atoms with Crippen molar-refractivity contribution in [2.45, 2.75) is 20.0 Å². The molecular weight excluding hydrogens is 266 g/mol. The first-order valence-corrected chi connectivity index (χ1v) is 7.51. The van der Waals surface area contributed by atoms with E-state index < -0.39 is 0 Å². The van der Waals surface area contributed by atoms with E-state index in [1.165, 1.54) is 15.8 Å². The van der Waals surface area contributed by atoms with E-state index in [0.717, 1.165) is 35.0 Å². The smallest absolute Gasteiger partial charge is 0.0907 e. The van der Waals surface area contributed by atoms with Gasteiger partial charge in [0.1, 0.15) is 0 Å². The molecule has 1 aliphatic rings. The van der Waals surface area contributed by atoms with Crippen molar-refractivity contribution < 1.29 is 0 Å². The number of nitrogen functional groups attached to an aromatic ring is 1. The van der Waals surface area contributed by atoms with Crippen LogP contribution in [0.3, 0.4) is 0 Å². The SMILES string of the molecule is Cc1nc2cc(N3Cc4ccccc4C3)c(N)cc2s1. The first-order valence-electron chi connectivity index (χ1n) is 6.69. The average Bonchev–Trinajstić information content (AvgIpc) is 2.99.